The first kappa shape index (κ1) is 14.9. The first-order chi connectivity index (χ1) is 9.52. The smallest absolute Gasteiger partial charge is 0.260 e. The quantitative estimate of drug-likeness (QED) is 0.869. The molecule has 1 atom stereocenters. The second-order valence-electron chi connectivity index (χ2n) is 5.42. The molecule has 0 aliphatic heterocycles. The fourth-order valence-corrected chi connectivity index (χ4v) is 2.37. The van der Waals surface area contributed by atoms with Crippen molar-refractivity contribution >= 4 is 5.91 Å². The maximum atomic E-state index is 12.1. The molecule has 0 unspecified atom stereocenters. The molecule has 0 radical (unpaired) electrons. The van der Waals surface area contributed by atoms with Crippen LogP contribution in [0, 0.1) is 6.92 Å². The SMILES string of the molecule is CCN(C(=O)COc1ccc(C)cc1[C@@H](C)O)C1CC1. The van der Waals surface area contributed by atoms with Gasteiger partial charge in [0.15, 0.2) is 6.61 Å². The number of likely N-dealkylation sites (N-methyl/N-ethyl adjacent to an activating group) is 1. The molecule has 2 rings (SSSR count). The first-order valence-corrected chi connectivity index (χ1v) is 7.23. The van der Waals surface area contributed by atoms with E-state index >= 15 is 0 Å². The predicted molar refractivity (Wildman–Crippen MR) is 77.7 cm³/mol. The number of hydrogen-bond acceptors (Lipinski definition) is 3. The molecule has 1 amide bonds. The number of benzene rings is 1. The minimum Gasteiger partial charge on any atom is -0.483 e. The Morgan fingerprint density at radius 1 is 1.50 bits per heavy atom. The van der Waals surface area contributed by atoms with Crippen LogP contribution < -0.4 is 4.74 Å². The van der Waals surface area contributed by atoms with Crippen LogP contribution in [-0.4, -0.2) is 35.1 Å². The van der Waals surface area contributed by atoms with Gasteiger partial charge in [0.2, 0.25) is 0 Å². The fraction of sp³-hybridized carbons (Fsp3) is 0.562. The first-order valence-electron chi connectivity index (χ1n) is 7.23. The zero-order chi connectivity index (χ0) is 14.7. The fourth-order valence-electron chi connectivity index (χ4n) is 2.37. The van der Waals surface area contributed by atoms with Gasteiger partial charge >= 0.3 is 0 Å². The van der Waals surface area contributed by atoms with Gasteiger partial charge in [0.05, 0.1) is 6.10 Å². The number of ether oxygens (including phenoxy) is 1. The third-order valence-electron chi connectivity index (χ3n) is 3.62. The van der Waals surface area contributed by atoms with Crippen LogP contribution in [0.2, 0.25) is 0 Å². The summed E-state index contributed by atoms with van der Waals surface area (Å²) in [7, 11) is 0. The summed E-state index contributed by atoms with van der Waals surface area (Å²) < 4.78 is 5.62. The van der Waals surface area contributed by atoms with E-state index in [1.165, 1.54) is 0 Å². The van der Waals surface area contributed by atoms with Crippen molar-refractivity contribution in [2.75, 3.05) is 13.2 Å². The average molecular weight is 277 g/mol. The van der Waals surface area contributed by atoms with E-state index < -0.39 is 6.10 Å². The van der Waals surface area contributed by atoms with Gasteiger partial charge in [0, 0.05) is 18.2 Å². The Balaban J connectivity index is 2.01. The lowest BCUT2D eigenvalue weighted by Gasteiger charge is -2.21. The van der Waals surface area contributed by atoms with E-state index in [1.807, 2.05) is 36.9 Å². The maximum absolute atomic E-state index is 12.1. The summed E-state index contributed by atoms with van der Waals surface area (Å²) in [5.41, 5.74) is 1.79. The minimum absolute atomic E-state index is 0.0205. The number of hydrogen-bond donors (Lipinski definition) is 1. The summed E-state index contributed by atoms with van der Waals surface area (Å²) in [4.78, 5) is 14.0. The predicted octanol–water partition coefficient (Wildman–Crippen LogP) is 2.44. The van der Waals surface area contributed by atoms with Crippen molar-refractivity contribution in [2.45, 2.75) is 45.8 Å². The summed E-state index contributed by atoms with van der Waals surface area (Å²) in [6.45, 7) is 6.42. The average Bonchev–Trinajstić information content (AvgIpc) is 3.22. The molecule has 1 aromatic carbocycles. The van der Waals surface area contributed by atoms with Crippen molar-refractivity contribution in [3.05, 3.63) is 29.3 Å². The molecular weight excluding hydrogens is 254 g/mol. The molecule has 1 fully saturated rings. The van der Waals surface area contributed by atoms with Crippen LogP contribution in [0.25, 0.3) is 0 Å². The topological polar surface area (TPSA) is 49.8 Å². The molecule has 4 nitrogen and oxygen atoms in total. The normalized spacial score (nSPS) is 15.8. The highest BCUT2D eigenvalue weighted by Gasteiger charge is 2.31. The van der Waals surface area contributed by atoms with Crippen molar-refractivity contribution in [3.63, 3.8) is 0 Å². The van der Waals surface area contributed by atoms with Gasteiger partial charge < -0.3 is 14.7 Å². The Morgan fingerprint density at radius 3 is 2.75 bits per heavy atom. The largest absolute Gasteiger partial charge is 0.483 e. The molecule has 1 aliphatic rings. The molecule has 1 N–H and O–H groups in total. The van der Waals surface area contributed by atoms with Crippen LogP contribution in [-0.2, 0) is 4.79 Å². The van der Waals surface area contributed by atoms with Crippen LogP contribution in [0.5, 0.6) is 5.75 Å². The number of amides is 1. The molecule has 0 aromatic heterocycles. The summed E-state index contributed by atoms with van der Waals surface area (Å²) >= 11 is 0. The Hall–Kier alpha value is -1.55. The summed E-state index contributed by atoms with van der Waals surface area (Å²) in [6.07, 6.45) is 1.59. The van der Waals surface area contributed by atoms with Gasteiger partial charge in [-0.05, 0) is 45.7 Å². The monoisotopic (exact) mass is 277 g/mol. The summed E-state index contributed by atoms with van der Waals surface area (Å²) in [6, 6.07) is 6.04. The van der Waals surface area contributed by atoms with E-state index in [4.69, 9.17) is 4.74 Å². The number of carbonyl (C=O) groups excluding carboxylic acids is 1. The van der Waals surface area contributed by atoms with Gasteiger partial charge in [0.1, 0.15) is 5.75 Å². The summed E-state index contributed by atoms with van der Waals surface area (Å²) in [5, 5.41) is 9.77. The van der Waals surface area contributed by atoms with Crippen molar-refractivity contribution in [3.8, 4) is 5.75 Å². The van der Waals surface area contributed by atoms with Crippen LogP contribution in [0.3, 0.4) is 0 Å². The molecule has 110 valence electrons. The van der Waals surface area contributed by atoms with E-state index in [9.17, 15) is 9.90 Å². The van der Waals surface area contributed by atoms with Crippen LogP contribution >= 0.6 is 0 Å². The second-order valence-corrected chi connectivity index (χ2v) is 5.42. The Kier molecular flexibility index (Phi) is 4.65. The van der Waals surface area contributed by atoms with Crippen LogP contribution in [0.1, 0.15) is 43.9 Å². The van der Waals surface area contributed by atoms with Crippen molar-refractivity contribution in [1.29, 1.82) is 0 Å². The number of rotatable bonds is 6. The molecule has 4 heteroatoms. The number of nitrogens with zero attached hydrogens (tertiary/aromatic N) is 1. The maximum Gasteiger partial charge on any atom is 0.260 e. The molecule has 0 bridgehead atoms. The number of aryl methyl sites for hydroxylation is 1. The number of aliphatic hydroxyl groups is 1. The lowest BCUT2D eigenvalue weighted by molar-refractivity contribution is -0.133. The molecule has 0 spiro atoms. The Morgan fingerprint density at radius 2 is 2.20 bits per heavy atom. The molecule has 1 aliphatic carbocycles. The van der Waals surface area contributed by atoms with E-state index in [-0.39, 0.29) is 12.5 Å². The lowest BCUT2D eigenvalue weighted by Crippen LogP contribution is -2.36. The van der Waals surface area contributed by atoms with E-state index in [1.54, 1.807) is 6.92 Å². The third-order valence-corrected chi connectivity index (χ3v) is 3.62. The van der Waals surface area contributed by atoms with Crippen molar-refractivity contribution < 1.29 is 14.6 Å². The van der Waals surface area contributed by atoms with Gasteiger partial charge in [-0.3, -0.25) is 4.79 Å². The van der Waals surface area contributed by atoms with Crippen molar-refractivity contribution in [1.82, 2.24) is 4.90 Å². The van der Waals surface area contributed by atoms with E-state index in [0.29, 0.717) is 11.8 Å². The number of aliphatic hydroxyl groups excluding tert-OH is 1. The molecule has 0 saturated heterocycles. The Bertz CT molecular complexity index is 481. The zero-order valence-electron chi connectivity index (χ0n) is 12.4. The van der Waals surface area contributed by atoms with Gasteiger partial charge in [-0.1, -0.05) is 11.6 Å². The zero-order valence-corrected chi connectivity index (χ0v) is 12.4. The molecule has 20 heavy (non-hydrogen) atoms. The standard InChI is InChI=1S/C16H23NO3/c1-4-17(13-6-7-13)16(19)10-20-15-8-5-11(2)9-14(15)12(3)18/h5,8-9,12-13,18H,4,6-7,10H2,1-3H3/t12-/m1/s1. The van der Waals surface area contributed by atoms with Crippen LogP contribution in [0.15, 0.2) is 18.2 Å². The minimum atomic E-state index is -0.606. The van der Waals surface area contributed by atoms with Gasteiger partial charge in [-0.15, -0.1) is 0 Å². The number of carbonyl (C=O) groups is 1. The second kappa shape index (κ2) is 6.27. The highest BCUT2D eigenvalue weighted by molar-refractivity contribution is 5.78. The summed E-state index contributed by atoms with van der Waals surface area (Å²) in [5.74, 6) is 0.609. The van der Waals surface area contributed by atoms with E-state index in [0.717, 1.165) is 30.5 Å². The highest BCUT2D eigenvalue weighted by Crippen LogP contribution is 2.28. The van der Waals surface area contributed by atoms with E-state index in [2.05, 4.69) is 0 Å². The third kappa shape index (κ3) is 3.51. The highest BCUT2D eigenvalue weighted by atomic mass is 16.5. The molecule has 1 saturated carbocycles. The van der Waals surface area contributed by atoms with Gasteiger partial charge in [-0.25, -0.2) is 0 Å². The van der Waals surface area contributed by atoms with Crippen LogP contribution in [0.4, 0.5) is 0 Å². The molecule has 0 heterocycles. The molecule has 1 aromatic rings. The van der Waals surface area contributed by atoms with Crippen molar-refractivity contribution in [2.24, 2.45) is 0 Å². The Labute approximate surface area is 120 Å². The van der Waals surface area contributed by atoms with Gasteiger partial charge in [-0.2, -0.15) is 0 Å². The lowest BCUT2D eigenvalue weighted by atomic mass is 10.1. The molecular formula is C16H23NO3. The van der Waals surface area contributed by atoms with Gasteiger partial charge in [0.25, 0.3) is 5.91 Å².